The molecular weight excluding hydrogens is 462 g/mol. The van der Waals surface area contributed by atoms with Gasteiger partial charge in [0, 0.05) is 31.5 Å². The van der Waals surface area contributed by atoms with Crippen molar-refractivity contribution >= 4 is 29.1 Å². The summed E-state index contributed by atoms with van der Waals surface area (Å²) in [6, 6.07) is 13.5. The minimum atomic E-state index is -0.265. The van der Waals surface area contributed by atoms with E-state index in [1.165, 1.54) is 16.1 Å². The Hall–Kier alpha value is -2.70. The summed E-state index contributed by atoms with van der Waals surface area (Å²) in [4.78, 5) is 28.2. The molecule has 3 rings (SSSR count). The van der Waals surface area contributed by atoms with Crippen molar-refractivity contribution in [1.82, 2.24) is 9.91 Å². The highest BCUT2D eigenvalue weighted by Gasteiger charge is 2.34. The van der Waals surface area contributed by atoms with Crippen LogP contribution in [0.1, 0.15) is 61.9 Å². The minimum Gasteiger partial charge on any atom is -0.383 e. The maximum Gasteiger partial charge on any atom is 0.262 e. The summed E-state index contributed by atoms with van der Waals surface area (Å²) in [7, 11) is 1.59. The Morgan fingerprint density at radius 2 is 1.80 bits per heavy atom. The maximum absolute atomic E-state index is 13.6. The van der Waals surface area contributed by atoms with Crippen LogP contribution >= 0.6 is 11.6 Å². The molecule has 0 aliphatic carbocycles. The summed E-state index contributed by atoms with van der Waals surface area (Å²) in [6.07, 6.45) is 0.936. The predicted octanol–water partition coefficient (Wildman–Crippen LogP) is 5.55. The third-order valence-electron chi connectivity index (χ3n) is 6.19. The number of benzene rings is 2. The van der Waals surface area contributed by atoms with E-state index in [9.17, 15) is 9.59 Å². The number of hydrogen-bond donors (Lipinski definition) is 0. The third kappa shape index (κ3) is 7.15. The van der Waals surface area contributed by atoms with E-state index >= 15 is 0 Å². The van der Waals surface area contributed by atoms with Crippen LogP contribution in [0, 0.1) is 19.3 Å². The monoisotopic (exact) mass is 497 g/mol. The molecule has 1 atom stereocenters. The highest BCUT2D eigenvalue weighted by molar-refractivity contribution is 6.30. The lowest BCUT2D eigenvalue weighted by molar-refractivity contribution is -0.143. The van der Waals surface area contributed by atoms with Crippen molar-refractivity contribution in [3.8, 4) is 0 Å². The Labute approximate surface area is 213 Å². The number of amides is 2. The van der Waals surface area contributed by atoms with Crippen LogP contribution in [0.4, 0.5) is 0 Å². The summed E-state index contributed by atoms with van der Waals surface area (Å²) in [6.45, 7) is 10.8. The maximum atomic E-state index is 13.6. The zero-order valence-electron chi connectivity index (χ0n) is 21.6. The Kier molecular flexibility index (Phi) is 8.73. The minimum absolute atomic E-state index is 0.0495. The van der Waals surface area contributed by atoms with Crippen molar-refractivity contribution in [2.45, 2.75) is 53.5 Å². The van der Waals surface area contributed by atoms with Crippen LogP contribution in [0.5, 0.6) is 0 Å². The fourth-order valence-electron chi connectivity index (χ4n) is 4.07. The van der Waals surface area contributed by atoms with Crippen LogP contribution in [-0.2, 0) is 14.3 Å². The molecule has 0 N–H and O–H groups in total. The van der Waals surface area contributed by atoms with E-state index in [-0.39, 0.29) is 29.8 Å². The lowest BCUT2D eigenvalue weighted by Gasteiger charge is -2.29. The van der Waals surface area contributed by atoms with Crippen molar-refractivity contribution in [2.75, 3.05) is 26.8 Å². The second-order valence-corrected chi connectivity index (χ2v) is 10.8. The normalized spacial score (nSPS) is 15.8. The number of carbonyl (C=O) groups excluding carboxylic acids is 2. The number of nitrogens with zero attached hydrogens (tertiary/aromatic N) is 3. The van der Waals surface area contributed by atoms with Crippen molar-refractivity contribution in [2.24, 2.45) is 10.5 Å². The van der Waals surface area contributed by atoms with E-state index in [0.717, 1.165) is 16.8 Å². The zero-order valence-corrected chi connectivity index (χ0v) is 22.4. The van der Waals surface area contributed by atoms with Gasteiger partial charge in [-0.2, -0.15) is 5.10 Å². The van der Waals surface area contributed by atoms with Crippen molar-refractivity contribution in [1.29, 1.82) is 0 Å². The Bertz CT molecular complexity index is 1090. The molecule has 0 radical (unpaired) electrons. The van der Waals surface area contributed by atoms with E-state index in [1.54, 1.807) is 12.0 Å². The molecule has 1 heterocycles. The third-order valence-corrected chi connectivity index (χ3v) is 6.44. The van der Waals surface area contributed by atoms with Crippen molar-refractivity contribution in [3.05, 3.63) is 69.7 Å². The smallest absolute Gasteiger partial charge is 0.262 e. The first-order valence-electron chi connectivity index (χ1n) is 12.0. The number of hydrazone groups is 1. The fourth-order valence-corrected chi connectivity index (χ4v) is 4.20. The topological polar surface area (TPSA) is 62.2 Å². The molecule has 35 heavy (non-hydrogen) atoms. The Balaban J connectivity index is 1.91. The van der Waals surface area contributed by atoms with Crippen LogP contribution in [0.25, 0.3) is 0 Å². The summed E-state index contributed by atoms with van der Waals surface area (Å²) in [5.41, 5.74) is 5.01. The summed E-state index contributed by atoms with van der Waals surface area (Å²) >= 11 is 6.11. The van der Waals surface area contributed by atoms with Gasteiger partial charge in [0.25, 0.3) is 5.91 Å². The number of halogens is 1. The van der Waals surface area contributed by atoms with Crippen LogP contribution in [0.3, 0.4) is 0 Å². The molecule has 6 nitrogen and oxygen atoms in total. The summed E-state index contributed by atoms with van der Waals surface area (Å²) in [5, 5.41) is 6.95. The van der Waals surface area contributed by atoms with Crippen LogP contribution in [0.2, 0.25) is 5.02 Å². The molecule has 1 aliphatic rings. The van der Waals surface area contributed by atoms with Crippen molar-refractivity contribution in [3.63, 3.8) is 0 Å². The predicted molar refractivity (Wildman–Crippen MR) is 141 cm³/mol. The molecule has 0 spiro atoms. The summed E-state index contributed by atoms with van der Waals surface area (Å²) in [5.74, 6) is -0.286. The number of carbonyl (C=O) groups is 2. The molecule has 0 unspecified atom stereocenters. The molecule has 0 saturated heterocycles. The molecular formula is C28H36ClN3O3. The molecule has 0 aromatic heterocycles. The van der Waals surface area contributed by atoms with Gasteiger partial charge in [0.1, 0.15) is 6.54 Å². The van der Waals surface area contributed by atoms with Gasteiger partial charge in [0.15, 0.2) is 0 Å². The van der Waals surface area contributed by atoms with Gasteiger partial charge in [0.2, 0.25) is 5.91 Å². The van der Waals surface area contributed by atoms with Crippen LogP contribution in [-0.4, -0.2) is 54.2 Å². The second kappa shape index (κ2) is 11.4. The standard InChI is InChI=1S/C28H36ClN3O3/c1-19-7-8-22(15-20(19)2)24-16-25(21-9-11-23(29)12-10-21)32(30-24)27(34)18-31(13-14-35-6)26(33)17-28(3,4)5/h7-12,15,25H,13-14,16-18H2,1-6H3/t25-/m0/s1. The van der Waals surface area contributed by atoms with E-state index < -0.39 is 0 Å². The number of ether oxygens (including phenoxy) is 1. The highest BCUT2D eigenvalue weighted by Crippen LogP contribution is 2.34. The lowest BCUT2D eigenvalue weighted by Crippen LogP contribution is -2.43. The van der Waals surface area contributed by atoms with E-state index in [4.69, 9.17) is 21.4 Å². The van der Waals surface area contributed by atoms with Gasteiger partial charge in [-0.3, -0.25) is 9.59 Å². The van der Waals surface area contributed by atoms with Crippen molar-refractivity contribution < 1.29 is 14.3 Å². The molecule has 0 bridgehead atoms. The first-order valence-corrected chi connectivity index (χ1v) is 12.4. The largest absolute Gasteiger partial charge is 0.383 e. The summed E-state index contributed by atoms with van der Waals surface area (Å²) < 4.78 is 5.20. The van der Waals surface area contributed by atoms with E-state index in [2.05, 4.69) is 26.0 Å². The lowest BCUT2D eigenvalue weighted by atomic mass is 9.91. The molecule has 2 amide bonds. The van der Waals surface area contributed by atoms with Gasteiger partial charge < -0.3 is 9.64 Å². The Morgan fingerprint density at radius 3 is 2.40 bits per heavy atom. The average molecular weight is 498 g/mol. The van der Waals surface area contributed by atoms with E-state index in [1.807, 2.05) is 51.1 Å². The number of aryl methyl sites for hydroxylation is 2. The van der Waals surface area contributed by atoms with Gasteiger partial charge in [-0.1, -0.05) is 56.6 Å². The molecule has 2 aromatic rings. The molecule has 0 fully saturated rings. The van der Waals surface area contributed by atoms with Crippen LogP contribution in [0.15, 0.2) is 47.6 Å². The zero-order chi connectivity index (χ0) is 25.8. The average Bonchev–Trinajstić information content (AvgIpc) is 3.23. The van der Waals surface area contributed by atoms with Gasteiger partial charge in [-0.05, 0) is 59.7 Å². The first-order chi connectivity index (χ1) is 16.5. The molecule has 7 heteroatoms. The number of rotatable bonds is 8. The van der Waals surface area contributed by atoms with Gasteiger partial charge in [-0.25, -0.2) is 5.01 Å². The fraction of sp³-hybridized carbons (Fsp3) is 0.464. The first kappa shape index (κ1) is 26.9. The molecule has 1 aliphatic heterocycles. The number of hydrogen-bond acceptors (Lipinski definition) is 4. The van der Waals surface area contributed by atoms with Gasteiger partial charge in [0.05, 0.1) is 18.4 Å². The molecule has 188 valence electrons. The molecule has 0 saturated carbocycles. The number of methoxy groups -OCH3 is 1. The van der Waals surface area contributed by atoms with Gasteiger partial charge >= 0.3 is 0 Å². The quantitative estimate of drug-likeness (QED) is 0.480. The molecule has 2 aromatic carbocycles. The van der Waals surface area contributed by atoms with Crippen LogP contribution < -0.4 is 0 Å². The highest BCUT2D eigenvalue weighted by atomic mass is 35.5. The Morgan fingerprint density at radius 1 is 1.11 bits per heavy atom. The SMILES string of the molecule is COCCN(CC(=O)N1N=C(c2ccc(C)c(C)c2)C[C@H]1c1ccc(Cl)cc1)C(=O)CC(C)(C)C. The second-order valence-electron chi connectivity index (χ2n) is 10.4. The van der Waals surface area contributed by atoms with Gasteiger partial charge in [-0.15, -0.1) is 0 Å². The van der Waals surface area contributed by atoms with E-state index in [0.29, 0.717) is 31.0 Å².